The van der Waals surface area contributed by atoms with Crippen LogP contribution in [0.4, 0.5) is 0 Å². The molecule has 1 aromatic heterocycles. The highest BCUT2D eigenvalue weighted by Gasteiger charge is 2.16. The first-order valence-corrected chi connectivity index (χ1v) is 6.60. The number of rotatable bonds is 4. The summed E-state index contributed by atoms with van der Waals surface area (Å²) in [6.07, 6.45) is 3.44. The van der Waals surface area contributed by atoms with Crippen LogP contribution in [0.1, 0.15) is 24.1 Å². The molecule has 0 radical (unpaired) electrons. The lowest BCUT2D eigenvalue weighted by atomic mass is 10.0. The van der Waals surface area contributed by atoms with Gasteiger partial charge in [-0.2, -0.15) is 0 Å². The van der Waals surface area contributed by atoms with Crippen LogP contribution in [0.15, 0.2) is 45.7 Å². The van der Waals surface area contributed by atoms with Crippen LogP contribution >= 0.6 is 27.5 Å². The molecule has 90 valence electrons. The molecule has 0 aliphatic heterocycles. The Morgan fingerprint density at radius 2 is 2.24 bits per heavy atom. The second-order valence-electron chi connectivity index (χ2n) is 3.71. The number of halogens is 2. The number of furan rings is 1. The largest absolute Gasteiger partial charge is 0.472 e. The van der Waals surface area contributed by atoms with Crippen molar-refractivity contribution in [3.05, 3.63) is 57.4 Å². The van der Waals surface area contributed by atoms with Crippen molar-refractivity contribution in [2.45, 2.75) is 13.0 Å². The molecule has 1 aromatic carbocycles. The van der Waals surface area contributed by atoms with Crippen LogP contribution in [0.3, 0.4) is 0 Å². The summed E-state index contributed by atoms with van der Waals surface area (Å²) in [5.41, 5.74) is 2.26. The predicted molar refractivity (Wildman–Crippen MR) is 73.4 cm³/mol. The zero-order valence-electron chi connectivity index (χ0n) is 9.41. The van der Waals surface area contributed by atoms with Crippen molar-refractivity contribution in [1.29, 1.82) is 0 Å². The summed E-state index contributed by atoms with van der Waals surface area (Å²) < 4.78 is 6.14. The van der Waals surface area contributed by atoms with Gasteiger partial charge in [0.05, 0.1) is 18.6 Å². The molecule has 1 N–H and O–H groups in total. The third-order valence-corrected chi connectivity index (χ3v) is 3.48. The van der Waals surface area contributed by atoms with Gasteiger partial charge in [-0.1, -0.05) is 40.5 Å². The lowest BCUT2D eigenvalue weighted by Crippen LogP contribution is -2.21. The molecule has 0 saturated carbocycles. The minimum atomic E-state index is 0.116. The van der Waals surface area contributed by atoms with Gasteiger partial charge in [-0.05, 0) is 30.3 Å². The van der Waals surface area contributed by atoms with E-state index in [1.807, 2.05) is 24.3 Å². The van der Waals surface area contributed by atoms with E-state index in [9.17, 15) is 0 Å². The Morgan fingerprint density at radius 1 is 1.41 bits per heavy atom. The lowest BCUT2D eigenvalue weighted by molar-refractivity contribution is 0.552. The topological polar surface area (TPSA) is 25.2 Å². The van der Waals surface area contributed by atoms with E-state index in [4.69, 9.17) is 16.0 Å². The first kappa shape index (κ1) is 12.7. The van der Waals surface area contributed by atoms with E-state index in [1.54, 1.807) is 12.5 Å². The lowest BCUT2D eigenvalue weighted by Gasteiger charge is -2.18. The zero-order chi connectivity index (χ0) is 12.3. The van der Waals surface area contributed by atoms with Crippen molar-refractivity contribution in [1.82, 2.24) is 5.32 Å². The molecular weight excluding hydrogens is 302 g/mol. The Hall–Kier alpha value is -0.770. The van der Waals surface area contributed by atoms with Gasteiger partial charge in [0.1, 0.15) is 0 Å². The van der Waals surface area contributed by atoms with E-state index in [1.165, 1.54) is 0 Å². The smallest absolute Gasteiger partial charge is 0.0953 e. The van der Waals surface area contributed by atoms with E-state index in [-0.39, 0.29) is 6.04 Å². The van der Waals surface area contributed by atoms with Gasteiger partial charge in [-0.15, -0.1) is 0 Å². The summed E-state index contributed by atoms with van der Waals surface area (Å²) in [5, 5.41) is 4.15. The highest BCUT2D eigenvalue weighted by Crippen LogP contribution is 2.30. The summed E-state index contributed by atoms with van der Waals surface area (Å²) in [5.74, 6) is 0. The van der Waals surface area contributed by atoms with E-state index in [0.717, 1.165) is 27.2 Å². The van der Waals surface area contributed by atoms with Crippen molar-refractivity contribution in [3.8, 4) is 0 Å². The fourth-order valence-corrected chi connectivity index (χ4v) is 2.70. The molecule has 0 aliphatic carbocycles. The van der Waals surface area contributed by atoms with Crippen LogP contribution in [0.5, 0.6) is 0 Å². The molecule has 17 heavy (non-hydrogen) atoms. The van der Waals surface area contributed by atoms with Crippen molar-refractivity contribution >= 4 is 27.5 Å². The van der Waals surface area contributed by atoms with Crippen molar-refractivity contribution in [2.24, 2.45) is 0 Å². The molecule has 0 bridgehead atoms. The highest BCUT2D eigenvalue weighted by atomic mass is 79.9. The number of benzene rings is 1. The fourth-order valence-electron chi connectivity index (χ4n) is 1.79. The Balaban J connectivity index is 2.39. The van der Waals surface area contributed by atoms with Crippen LogP contribution in [0, 0.1) is 0 Å². The monoisotopic (exact) mass is 313 g/mol. The van der Waals surface area contributed by atoms with Crippen molar-refractivity contribution in [2.75, 3.05) is 6.54 Å². The number of nitrogens with one attached hydrogen (secondary N) is 1. The first-order valence-electron chi connectivity index (χ1n) is 5.42. The Labute approximate surface area is 114 Å². The molecule has 1 atom stereocenters. The highest BCUT2D eigenvalue weighted by molar-refractivity contribution is 9.10. The molecule has 1 unspecified atom stereocenters. The van der Waals surface area contributed by atoms with Gasteiger partial charge in [0.15, 0.2) is 0 Å². The Kier molecular flexibility index (Phi) is 4.26. The van der Waals surface area contributed by atoms with E-state index in [0.29, 0.717) is 0 Å². The van der Waals surface area contributed by atoms with Crippen LogP contribution in [-0.2, 0) is 0 Å². The molecule has 2 rings (SSSR count). The molecule has 0 amide bonds. The molecule has 0 saturated heterocycles. The van der Waals surface area contributed by atoms with Gasteiger partial charge < -0.3 is 9.73 Å². The average molecular weight is 315 g/mol. The molecule has 2 nitrogen and oxygen atoms in total. The maximum atomic E-state index is 5.95. The van der Waals surface area contributed by atoms with Gasteiger partial charge in [0, 0.05) is 15.1 Å². The average Bonchev–Trinajstić information content (AvgIpc) is 2.80. The van der Waals surface area contributed by atoms with Crippen LogP contribution in [0.2, 0.25) is 5.02 Å². The Bertz CT molecular complexity index is 484. The van der Waals surface area contributed by atoms with Gasteiger partial charge in [0.25, 0.3) is 0 Å². The van der Waals surface area contributed by atoms with Crippen molar-refractivity contribution in [3.63, 3.8) is 0 Å². The molecule has 0 aliphatic rings. The summed E-state index contributed by atoms with van der Waals surface area (Å²) in [7, 11) is 0. The van der Waals surface area contributed by atoms with Crippen LogP contribution < -0.4 is 5.32 Å². The van der Waals surface area contributed by atoms with Crippen molar-refractivity contribution < 1.29 is 4.42 Å². The maximum Gasteiger partial charge on any atom is 0.0953 e. The standard InChI is InChI=1S/C13H13BrClNO/c1-2-16-13(9-5-6-17-8-9)11-4-3-10(15)7-12(11)14/h3-8,13,16H,2H2,1H3. The SMILES string of the molecule is CCNC(c1ccoc1)c1ccc(Cl)cc1Br. The molecular formula is C13H13BrClNO. The maximum absolute atomic E-state index is 5.95. The van der Waals surface area contributed by atoms with Gasteiger partial charge in [-0.25, -0.2) is 0 Å². The molecule has 4 heteroatoms. The molecule has 0 spiro atoms. The van der Waals surface area contributed by atoms with E-state index in [2.05, 4.69) is 28.2 Å². The normalized spacial score (nSPS) is 12.6. The summed E-state index contributed by atoms with van der Waals surface area (Å²) >= 11 is 9.50. The molecule has 0 fully saturated rings. The second kappa shape index (κ2) is 5.71. The first-order chi connectivity index (χ1) is 8.22. The molecule has 1 heterocycles. The van der Waals surface area contributed by atoms with Gasteiger partial charge in [0.2, 0.25) is 0 Å². The minimum absolute atomic E-state index is 0.116. The number of hydrogen-bond acceptors (Lipinski definition) is 2. The number of hydrogen-bond donors (Lipinski definition) is 1. The van der Waals surface area contributed by atoms with Gasteiger partial charge in [-0.3, -0.25) is 0 Å². The minimum Gasteiger partial charge on any atom is -0.472 e. The van der Waals surface area contributed by atoms with E-state index >= 15 is 0 Å². The molecule has 2 aromatic rings. The fraction of sp³-hybridized carbons (Fsp3) is 0.231. The van der Waals surface area contributed by atoms with Gasteiger partial charge >= 0.3 is 0 Å². The summed E-state index contributed by atoms with van der Waals surface area (Å²) in [4.78, 5) is 0. The zero-order valence-corrected chi connectivity index (χ0v) is 11.8. The second-order valence-corrected chi connectivity index (χ2v) is 5.00. The van der Waals surface area contributed by atoms with Crippen LogP contribution in [-0.4, -0.2) is 6.54 Å². The quantitative estimate of drug-likeness (QED) is 0.905. The Morgan fingerprint density at radius 3 is 2.82 bits per heavy atom. The van der Waals surface area contributed by atoms with E-state index < -0.39 is 0 Å². The third-order valence-electron chi connectivity index (χ3n) is 2.56. The summed E-state index contributed by atoms with van der Waals surface area (Å²) in [6, 6.07) is 7.90. The van der Waals surface area contributed by atoms with Crippen LogP contribution in [0.25, 0.3) is 0 Å². The third kappa shape index (κ3) is 2.92. The predicted octanol–water partition coefficient (Wildman–Crippen LogP) is 4.39. The summed E-state index contributed by atoms with van der Waals surface area (Å²) in [6.45, 7) is 2.96.